The molecule has 2 rings (SSSR count). The van der Waals surface area contributed by atoms with Crippen LogP contribution >= 0.6 is 0 Å². The van der Waals surface area contributed by atoms with Gasteiger partial charge in [0.25, 0.3) is 0 Å². The van der Waals surface area contributed by atoms with Gasteiger partial charge in [-0.25, -0.2) is 4.39 Å². The van der Waals surface area contributed by atoms with Crippen molar-refractivity contribution in [3.8, 4) is 5.75 Å². The zero-order valence-corrected chi connectivity index (χ0v) is 12.6. The highest BCUT2D eigenvalue weighted by Gasteiger charge is 2.30. The van der Waals surface area contributed by atoms with E-state index in [0.29, 0.717) is 23.3 Å². The summed E-state index contributed by atoms with van der Waals surface area (Å²) in [5.41, 5.74) is 0.0267. The van der Waals surface area contributed by atoms with E-state index in [1.165, 1.54) is 12.1 Å². The molecule has 0 heterocycles. The smallest absolute Gasteiger partial charge is 0.123 e. The van der Waals surface area contributed by atoms with Crippen LogP contribution in [0.25, 0.3) is 0 Å². The lowest BCUT2D eigenvalue weighted by atomic mass is 9.84. The first-order valence-corrected chi connectivity index (χ1v) is 7.21. The van der Waals surface area contributed by atoms with E-state index < -0.39 is 5.60 Å². The zero-order valence-electron chi connectivity index (χ0n) is 12.6. The lowest BCUT2D eigenvalue weighted by Gasteiger charge is -2.28. The monoisotopic (exact) mass is 288 g/mol. The molecule has 0 aromatic heterocycles. The summed E-state index contributed by atoms with van der Waals surface area (Å²) in [6.45, 7) is 5.78. The highest BCUT2D eigenvalue weighted by atomic mass is 19.1. The minimum absolute atomic E-state index is 0.0594. The summed E-state index contributed by atoms with van der Waals surface area (Å²) in [5, 5.41) is 11.0. The largest absolute Gasteiger partial charge is 0.491 e. The van der Waals surface area contributed by atoms with Crippen LogP contribution in [0.3, 0.4) is 0 Å². The summed E-state index contributed by atoms with van der Waals surface area (Å²) < 4.78 is 19.1. The van der Waals surface area contributed by atoms with Gasteiger partial charge in [0.15, 0.2) is 0 Å². The number of aliphatic hydroxyl groups is 1. The van der Waals surface area contributed by atoms with Crippen LogP contribution in [0.1, 0.15) is 38.3 Å². The van der Waals surface area contributed by atoms with Crippen LogP contribution in [-0.4, -0.2) is 11.2 Å². The molecule has 21 heavy (non-hydrogen) atoms. The van der Waals surface area contributed by atoms with Crippen LogP contribution in [0.4, 0.5) is 4.39 Å². The Kier molecular flexibility index (Phi) is 4.63. The molecule has 0 aliphatic rings. The van der Waals surface area contributed by atoms with E-state index >= 15 is 0 Å². The first-order chi connectivity index (χ1) is 9.95. The van der Waals surface area contributed by atoms with E-state index in [1.807, 2.05) is 45.0 Å². The van der Waals surface area contributed by atoms with Crippen molar-refractivity contribution in [1.29, 1.82) is 0 Å². The second-order valence-corrected chi connectivity index (χ2v) is 5.42. The van der Waals surface area contributed by atoms with Crippen LogP contribution in [0.2, 0.25) is 0 Å². The van der Waals surface area contributed by atoms with Crippen LogP contribution in [-0.2, 0) is 5.60 Å². The molecule has 0 aliphatic heterocycles. The van der Waals surface area contributed by atoms with Gasteiger partial charge in [-0.3, -0.25) is 0 Å². The second kappa shape index (κ2) is 6.27. The average Bonchev–Trinajstić information content (AvgIpc) is 2.46. The molecule has 0 amide bonds. The quantitative estimate of drug-likeness (QED) is 0.891. The van der Waals surface area contributed by atoms with Crippen LogP contribution in [0, 0.1) is 5.82 Å². The minimum atomic E-state index is -1.22. The molecule has 0 spiro atoms. The van der Waals surface area contributed by atoms with Gasteiger partial charge in [0, 0.05) is 0 Å². The van der Waals surface area contributed by atoms with Gasteiger partial charge in [-0.15, -0.1) is 0 Å². The van der Waals surface area contributed by atoms with E-state index in [0.717, 1.165) is 0 Å². The molecule has 0 fully saturated rings. The van der Waals surface area contributed by atoms with Crippen molar-refractivity contribution in [1.82, 2.24) is 0 Å². The van der Waals surface area contributed by atoms with Crippen molar-refractivity contribution in [2.45, 2.75) is 38.9 Å². The Hall–Kier alpha value is -1.87. The summed E-state index contributed by atoms with van der Waals surface area (Å²) in [4.78, 5) is 0. The van der Waals surface area contributed by atoms with Crippen molar-refractivity contribution in [2.75, 3.05) is 0 Å². The van der Waals surface area contributed by atoms with Crippen molar-refractivity contribution < 1.29 is 14.2 Å². The number of halogens is 1. The summed E-state index contributed by atoms with van der Waals surface area (Å²) >= 11 is 0. The zero-order chi connectivity index (χ0) is 15.5. The maximum absolute atomic E-state index is 13.5. The molecule has 3 heteroatoms. The predicted molar refractivity (Wildman–Crippen MR) is 81.9 cm³/mol. The molecule has 2 nitrogen and oxygen atoms in total. The molecular formula is C18H21FO2. The molecule has 112 valence electrons. The number of hydrogen-bond acceptors (Lipinski definition) is 2. The third kappa shape index (κ3) is 3.42. The van der Waals surface area contributed by atoms with E-state index in [2.05, 4.69) is 0 Å². The number of ether oxygens (including phenoxy) is 1. The van der Waals surface area contributed by atoms with Crippen LogP contribution < -0.4 is 4.74 Å². The molecular weight excluding hydrogens is 267 g/mol. The Morgan fingerprint density at radius 3 is 2.29 bits per heavy atom. The SMILES string of the molecule is CCC(O)(c1cccc(F)c1)c1cccc(OC(C)C)c1. The maximum Gasteiger partial charge on any atom is 0.123 e. The van der Waals surface area contributed by atoms with E-state index in [1.54, 1.807) is 12.1 Å². The fraction of sp³-hybridized carbons (Fsp3) is 0.333. The molecule has 2 aromatic carbocycles. The van der Waals surface area contributed by atoms with Gasteiger partial charge in [-0.1, -0.05) is 31.2 Å². The van der Waals surface area contributed by atoms with Gasteiger partial charge >= 0.3 is 0 Å². The lowest BCUT2D eigenvalue weighted by molar-refractivity contribution is 0.0757. The molecule has 0 saturated carbocycles. The summed E-state index contributed by atoms with van der Waals surface area (Å²) in [5.74, 6) is 0.347. The van der Waals surface area contributed by atoms with E-state index in [9.17, 15) is 9.50 Å². The van der Waals surface area contributed by atoms with E-state index in [4.69, 9.17) is 4.74 Å². The fourth-order valence-electron chi connectivity index (χ4n) is 2.42. The summed E-state index contributed by atoms with van der Waals surface area (Å²) in [7, 11) is 0. The molecule has 0 bridgehead atoms. The minimum Gasteiger partial charge on any atom is -0.491 e. The third-order valence-corrected chi connectivity index (χ3v) is 3.50. The first kappa shape index (κ1) is 15.5. The average molecular weight is 288 g/mol. The number of benzene rings is 2. The highest BCUT2D eigenvalue weighted by Crippen LogP contribution is 2.34. The summed E-state index contributed by atoms with van der Waals surface area (Å²) in [6, 6.07) is 13.4. The van der Waals surface area contributed by atoms with Gasteiger partial charge in [0.2, 0.25) is 0 Å². The highest BCUT2D eigenvalue weighted by molar-refractivity contribution is 5.40. The van der Waals surface area contributed by atoms with Crippen LogP contribution in [0.15, 0.2) is 48.5 Å². The Bertz CT molecular complexity index is 610. The standard InChI is InChI=1S/C18H21FO2/c1-4-18(20,14-7-5-9-16(19)11-14)15-8-6-10-17(12-15)21-13(2)3/h5-13,20H,4H2,1-3H3. The number of hydrogen-bond donors (Lipinski definition) is 1. The Morgan fingerprint density at radius 1 is 1.10 bits per heavy atom. The third-order valence-electron chi connectivity index (χ3n) is 3.50. The van der Waals surface area contributed by atoms with Gasteiger partial charge < -0.3 is 9.84 Å². The number of rotatable bonds is 5. The molecule has 0 saturated heterocycles. The van der Waals surface area contributed by atoms with Crippen LogP contribution in [0.5, 0.6) is 5.75 Å². The fourth-order valence-corrected chi connectivity index (χ4v) is 2.42. The maximum atomic E-state index is 13.5. The summed E-state index contributed by atoms with van der Waals surface area (Å²) in [6.07, 6.45) is 0.505. The Morgan fingerprint density at radius 2 is 1.71 bits per heavy atom. The van der Waals surface area contributed by atoms with Gasteiger partial charge in [-0.05, 0) is 55.7 Å². The van der Waals surface area contributed by atoms with Crippen molar-refractivity contribution >= 4 is 0 Å². The van der Waals surface area contributed by atoms with Crippen molar-refractivity contribution in [3.05, 3.63) is 65.5 Å². The molecule has 0 aliphatic carbocycles. The molecule has 1 N–H and O–H groups in total. The van der Waals surface area contributed by atoms with Gasteiger partial charge in [0.1, 0.15) is 17.2 Å². The molecule has 2 aromatic rings. The van der Waals surface area contributed by atoms with Crippen molar-refractivity contribution in [3.63, 3.8) is 0 Å². The Balaban J connectivity index is 2.45. The second-order valence-electron chi connectivity index (χ2n) is 5.42. The molecule has 0 radical (unpaired) electrons. The van der Waals surface area contributed by atoms with Gasteiger partial charge in [-0.2, -0.15) is 0 Å². The van der Waals surface area contributed by atoms with Gasteiger partial charge in [0.05, 0.1) is 6.10 Å². The normalized spacial score (nSPS) is 14.0. The molecule has 1 unspecified atom stereocenters. The lowest BCUT2D eigenvalue weighted by Crippen LogP contribution is -2.26. The predicted octanol–water partition coefficient (Wildman–Crippen LogP) is 4.26. The van der Waals surface area contributed by atoms with E-state index in [-0.39, 0.29) is 11.9 Å². The Labute approximate surface area is 125 Å². The molecule has 1 atom stereocenters. The topological polar surface area (TPSA) is 29.5 Å². The van der Waals surface area contributed by atoms with Crippen molar-refractivity contribution in [2.24, 2.45) is 0 Å². The first-order valence-electron chi connectivity index (χ1n) is 7.21.